The Balaban J connectivity index is 1.47. The van der Waals surface area contributed by atoms with Crippen molar-refractivity contribution in [1.29, 1.82) is 0 Å². The van der Waals surface area contributed by atoms with E-state index in [2.05, 4.69) is 16.2 Å². The third-order valence-electron chi connectivity index (χ3n) is 4.31. The van der Waals surface area contributed by atoms with Crippen molar-refractivity contribution in [3.05, 3.63) is 94.0 Å². The van der Waals surface area contributed by atoms with Gasteiger partial charge in [0.1, 0.15) is 0 Å². The van der Waals surface area contributed by atoms with Gasteiger partial charge >= 0.3 is 0 Å². The molecule has 3 rings (SSSR count). The third kappa shape index (κ3) is 6.18. The van der Waals surface area contributed by atoms with E-state index in [1.807, 2.05) is 42.5 Å². The highest BCUT2D eigenvalue weighted by atomic mass is 32.1. The van der Waals surface area contributed by atoms with E-state index in [1.165, 1.54) is 36.4 Å². The zero-order valence-electron chi connectivity index (χ0n) is 16.2. The molecule has 156 valence electrons. The standard InChI is InChI=1S/C22H18N4O4S/c27-20(13-10-15-8-11-18(12-9-15)26(29)30)23-22(31)25-24-21(28)14-17-6-3-5-16-4-1-2-7-19(16)17/h1-13H,14H2,(H,24,28)(H2,23,25,27,31)/b13-10+. The summed E-state index contributed by atoms with van der Waals surface area (Å²) in [6.45, 7) is 0. The molecule has 0 radical (unpaired) electrons. The predicted octanol–water partition coefficient (Wildman–Crippen LogP) is 3.03. The lowest BCUT2D eigenvalue weighted by molar-refractivity contribution is -0.384. The molecule has 8 nitrogen and oxygen atoms in total. The number of nitro groups is 1. The Kier molecular flexibility index (Phi) is 7.02. The number of hydrazine groups is 1. The molecule has 0 spiro atoms. The van der Waals surface area contributed by atoms with E-state index >= 15 is 0 Å². The highest BCUT2D eigenvalue weighted by Gasteiger charge is 2.08. The highest BCUT2D eigenvalue weighted by molar-refractivity contribution is 7.80. The molecule has 0 aliphatic rings. The smallest absolute Gasteiger partial charge is 0.269 e. The van der Waals surface area contributed by atoms with Gasteiger partial charge in [0.15, 0.2) is 5.11 Å². The minimum atomic E-state index is -0.515. The molecule has 0 saturated carbocycles. The van der Waals surface area contributed by atoms with Crippen molar-refractivity contribution in [2.45, 2.75) is 6.42 Å². The van der Waals surface area contributed by atoms with E-state index in [4.69, 9.17) is 12.2 Å². The van der Waals surface area contributed by atoms with E-state index in [1.54, 1.807) is 0 Å². The number of nitrogens with one attached hydrogen (secondary N) is 3. The Morgan fingerprint density at radius 2 is 1.68 bits per heavy atom. The Bertz CT molecular complexity index is 1170. The molecule has 3 aromatic rings. The van der Waals surface area contributed by atoms with Gasteiger partial charge in [-0.1, -0.05) is 42.5 Å². The van der Waals surface area contributed by atoms with Gasteiger partial charge in [-0.05, 0) is 52.3 Å². The molecule has 0 bridgehead atoms. The number of benzene rings is 3. The first-order chi connectivity index (χ1) is 14.9. The second-order valence-electron chi connectivity index (χ2n) is 6.49. The fourth-order valence-electron chi connectivity index (χ4n) is 2.85. The second kappa shape index (κ2) is 10.1. The van der Waals surface area contributed by atoms with Crippen molar-refractivity contribution < 1.29 is 14.5 Å². The summed E-state index contributed by atoms with van der Waals surface area (Å²) in [6, 6.07) is 19.2. The molecule has 0 aromatic heterocycles. The van der Waals surface area contributed by atoms with Crippen LogP contribution in [-0.2, 0) is 16.0 Å². The summed E-state index contributed by atoms with van der Waals surface area (Å²) in [5.41, 5.74) is 6.40. The number of rotatable bonds is 5. The summed E-state index contributed by atoms with van der Waals surface area (Å²) >= 11 is 5.00. The summed E-state index contributed by atoms with van der Waals surface area (Å²) in [5, 5.41) is 15.0. The van der Waals surface area contributed by atoms with Crippen LogP contribution in [0.25, 0.3) is 16.8 Å². The van der Waals surface area contributed by atoms with Crippen molar-refractivity contribution in [3.63, 3.8) is 0 Å². The Hall–Kier alpha value is -4.11. The van der Waals surface area contributed by atoms with Gasteiger partial charge in [0.2, 0.25) is 11.8 Å². The van der Waals surface area contributed by atoms with E-state index in [0.29, 0.717) is 5.56 Å². The van der Waals surface area contributed by atoms with Crippen LogP contribution >= 0.6 is 12.2 Å². The van der Waals surface area contributed by atoms with Crippen LogP contribution in [-0.4, -0.2) is 21.9 Å². The van der Waals surface area contributed by atoms with Gasteiger partial charge in [0.05, 0.1) is 11.3 Å². The quantitative estimate of drug-likeness (QED) is 0.246. The maximum absolute atomic E-state index is 12.2. The lowest BCUT2D eigenvalue weighted by atomic mass is 10.0. The van der Waals surface area contributed by atoms with Crippen LogP contribution in [0.1, 0.15) is 11.1 Å². The molecule has 2 amide bonds. The molecule has 3 N–H and O–H groups in total. The molecule has 0 fully saturated rings. The van der Waals surface area contributed by atoms with E-state index in [9.17, 15) is 19.7 Å². The molecular formula is C22H18N4O4S. The van der Waals surface area contributed by atoms with Crippen molar-refractivity contribution in [3.8, 4) is 0 Å². The number of non-ortho nitro benzene ring substituents is 1. The van der Waals surface area contributed by atoms with Crippen LogP contribution in [0.4, 0.5) is 5.69 Å². The first-order valence-corrected chi connectivity index (χ1v) is 9.62. The second-order valence-corrected chi connectivity index (χ2v) is 6.90. The van der Waals surface area contributed by atoms with Gasteiger partial charge in [-0.3, -0.25) is 35.9 Å². The summed E-state index contributed by atoms with van der Waals surface area (Å²) in [7, 11) is 0. The van der Waals surface area contributed by atoms with Crippen LogP contribution in [0.5, 0.6) is 0 Å². The maximum atomic E-state index is 12.2. The minimum absolute atomic E-state index is 0.0359. The van der Waals surface area contributed by atoms with E-state index in [0.717, 1.165) is 16.3 Å². The fraction of sp³-hybridized carbons (Fsp3) is 0.0455. The summed E-state index contributed by atoms with van der Waals surface area (Å²) in [5.74, 6) is -0.825. The molecule has 0 aliphatic carbocycles. The van der Waals surface area contributed by atoms with Crippen LogP contribution < -0.4 is 16.2 Å². The topological polar surface area (TPSA) is 113 Å². The number of amides is 2. The molecule has 0 saturated heterocycles. The number of thiocarbonyl (C=S) groups is 1. The number of hydrogen-bond acceptors (Lipinski definition) is 5. The third-order valence-corrected chi connectivity index (χ3v) is 4.52. The van der Waals surface area contributed by atoms with Crippen LogP contribution in [0.15, 0.2) is 72.8 Å². The first-order valence-electron chi connectivity index (χ1n) is 9.21. The van der Waals surface area contributed by atoms with Gasteiger partial charge in [-0.2, -0.15) is 0 Å². The minimum Gasteiger partial charge on any atom is -0.298 e. The Morgan fingerprint density at radius 1 is 0.968 bits per heavy atom. The summed E-state index contributed by atoms with van der Waals surface area (Å²) in [4.78, 5) is 34.3. The lowest BCUT2D eigenvalue weighted by Gasteiger charge is -2.11. The largest absolute Gasteiger partial charge is 0.298 e. The molecule has 0 heterocycles. The molecule has 9 heteroatoms. The van der Waals surface area contributed by atoms with Gasteiger partial charge < -0.3 is 0 Å². The fourth-order valence-corrected chi connectivity index (χ4v) is 3.01. The van der Waals surface area contributed by atoms with Crippen molar-refractivity contribution >= 4 is 51.7 Å². The van der Waals surface area contributed by atoms with Gasteiger partial charge in [-0.25, -0.2) is 0 Å². The zero-order valence-corrected chi connectivity index (χ0v) is 17.0. The summed E-state index contributed by atoms with van der Waals surface area (Å²) < 4.78 is 0. The summed E-state index contributed by atoms with van der Waals surface area (Å²) in [6.07, 6.45) is 2.86. The van der Waals surface area contributed by atoms with Crippen LogP contribution in [0, 0.1) is 10.1 Å². The van der Waals surface area contributed by atoms with E-state index < -0.39 is 10.8 Å². The number of carbonyl (C=O) groups is 2. The number of nitro benzene ring substituents is 1. The van der Waals surface area contributed by atoms with Gasteiger partial charge in [0.25, 0.3) is 5.69 Å². The molecular weight excluding hydrogens is 416 g/mol. The number of carbonyl (C=O) groups excluding carboxylic acids is 2. The normalized spacial score (nSPS) is 10.6. The average Bonchev–Trinajstić information content (AvgIpc) is 2.77. The van der Waals surface area contributed by atoms with Crippen LogP contribution in [0.2, 0.25) is 0 Å². The van der Waals surface area contributed by atoms with Gasteiger partial charge in [-0.15, -0.1) is 0 Å². The first kappa shape index (κ1) is 21.6. The monoisotopic (exact) mass is 434 g/mol. The zero-order chi connectivity index (χ0) is 22.2. The molecule has 31 heavy (non-hydrogen) atoms. The lowest BCUT2D eigenvalue weighted by Crippen LogP contribution is -2.48. The molecule has 3 aromatic carbocycles. The number of hydrogen-bond donors (Lipinski definition) is 3. The Labute approximate surface area is 183 Å². The number of nitrogens with zero attached hydrogens (tertiary/aromatic N) is 1. The average molecular weight is 434 g/mol. The SMILES string of the molecule is O=C(/C=C/c1ccc([N+](=O)[O-])cc1)NC(=S)NNC(=O)Cc1cccc2ccccc12. The highest BCUT2D eigenvalue weighted by Crippen LogP contribution is 2.18. The maximum Gasteiger partial charge on any atom is 0.269 e. The molecule has 0 atom stereocenters. The van der Waals surface area contributed by atoms with Crippen molar-refractivity contribution in [2.24, 2.45) is 0 Å². The van der Waals surface area contributed by atoms with Gasteiger partial charge in [0, 0.05) is 18.2 Å². The number of fused-ring (bicyclic) bond motifs is 1. The van der Waals surface area contributed by atoms with Crippen molar-refractivity contribution in [1.82, 2.24) is 16.2 Å². The van der Waals surface area contributed by atoms with Crippen LogP contribution in [0.3, 0.4) is 0 Å². The molecule has 0 unspecified atom stereocenters. The molecule has 0 aliphatic heterocycles. The van der Waals surface area contributed by atoms with E-state index in [-0.39, 0.29) is 23.1 Å². The Morgan fingerprint density at radius 3 is 2.42 bits per heavy atom. The van der Waals surface area contributed by atoms with Crippen molar-refractivity contribution in [2.75, 3.05) is 0 Å². The predicted molar refractivity (Wildman–Crippen MR) is 122 cm³/mol.